The van der Waals surface area contributed by atoms with Gasteiger partial charge in [-0.05, 0) is 58.4 Å². The lowest BCUT2D eigenvalue weighted by atomic mass is 9.85. The lowest BCUT2D eigenvalue weighted by Crippen LogP contribution is -2.50. The molecule has 2 heterocycles. The molecule has 0 radical (unpaired) electrons. The standard InChI is InChI=1S/C30H36F2N6/c1-29(2,3)25(33)27-35-21-9-7-15(11-23(21)37-27)17-13-20(32)18(14-19(17)31)16-8-10-22-24(12-16)38-28(36-22)26(34)30(4,5)6/h7-14,25-27,35,37H,33-34H2,1-6H3,(H,36,38)/t25-,26-,27?/m1/s1. The van der Waals surface area contributed by atoms with Crippen molar-refractivity contribution in [3.63, 3.8) is 0 Å². The lowest BCUT2D eigenvalue weighted by molar-refractivity contribution is 0.303. The molecule has 7 N–H and O–H groups in total. The monoisotopic (exact) mass is 518 g/mol. The molecule has 38 heavy (non-hydrogen) atoms. The van der Waals surface area contributed by atoms with E-state index in [4.69, 9.17) is 11.5 Å². The van der Waals surface area contributed by atoms with Crippen LogP contribution < -0.4 is 22.1 Å². The Kier molecular flexibility index (Phi) is 6.23. The quantitative estimate of drug-likeness (QED) is 0.205. The number of H-pyrrole nitrogens is 1. The number of benzene rings is 3. The maximum absolute atomic E-state index is 15.4. The third-order valence-electron chi connectivity index (χ3n) is 7.41. The van der Waals surface area contributed by atoms with Gasteiger partial charge in [0.2, 0.25) is 0 Å². The van der Waals surface area contributed by atoms with Crippen LogP contribution in [0.4, 0.5) is 20.2 Å². The molecule has 1 aromatic heterocycles. The second-order valence-electron chi connectivity index (χ2n) is 12.4. The molecule has 0 fully saturated rings. The number of nitrogens with two attached hydrogens (primary N) is 2. The molecule has 0 bridgehead atoms. The van der Waals surface area contributed by atoms with E-state index in [0.29, 0.717) is 17.0 Å². The normalized spacial score (nSPS) is 17.2. The average molecular weight is 519 g/mol. The molecule has 8 heteroatoms. The summed E-state index contributed by atoms with van der Waals surface area (Å²) in [7, 11) is 0. The Hall–Kier alpha value is -3.49. The summed E-state index contributed by atoms with van der Waals surface area (Å²) in [4.78, 5) is 7.85. The molecule has 6 nitrogen and oxygen atoms in total. The Bertz CT molecular complexity index is 1510. The van der Waals surface area contributed by atoms with Crippen LogP contribution in [-0.4, -0.2) is 22.2 Å². The van der Waals surface area contributed by atoms with Crippen molar-refractivity contribution in [2.45, 2.75) is 59.8 Å². The van der Waals surface area contributed by atoms with Crippen molar-refractivity contribution < 1.29 is 8.78 Å². The number of halogens is 2. The summed E-state index contributed by atoms with van der Waals surface area (Å²) in [5.41, 5.74) is 17.1. The van der Waals surface area contributed by atoms with Crippen LogP contribution >= 0.6 is 0 Å². The lowest BCUT2D eigenvalue weighted by Gasteiger charge is -2.32. The van der Waals surface area contributed by atoms with E-state index >= 15 is 8.78 Å². The Morgan fingerprint density at radius 2 is 1.34 bits per heavy atom. The van der Waals surface area contributed by atoms with E-state index in [1.165, 1.54) is 12.1 Å². The number of hydrogen-bond acceptors (Lipinski definition) is 5. The molecule has 3 aromatic carbocycles. The van der Waals surface area contributed by atoms with Crippen LogP contribution in [0.15, 0.2) is 48.5 Å². The van der Waals surface area contributed by atoms with Crippen LogP contribution in [0.2, 0.25) is 0 Å². The third-order valence-corrected chi connectivity index (χ3v) is 7.41. The van der Waals surface area contributed by atoms with Crippen LogP contribution in [0.25, 0.3) is 33.3 Å². The minimum atomic E-state index is -0.508. The third kappa shape index (κ3) is 4.74. The van der Waals surface area contributed by atoms with E-state index in [1.807, 2.05) is 32.9 Å². The van der Waals surface area contributed by atoms with Gasteiger partial charge in [0.25, 0.3) is 0 Å². The molecule has 0 spiro atoms. The molecule has 4 aromatic rings. The topological polar surface area (TPSA) is 105 Å². The van der Waals surface area contributed by atoms with Crippen LogP contribution in [-0.2, 0) is 0 Å². The zero-order chi connectivity index (χ0) is 27.6. The van der Waals surface area contributed by atoms with Gasteiger partial charge in [-0.15, -0.1) is 0 Å². The Morgan fingerprint density at radius 1 is 0.763 bits per heavy atom. The van der Waals surface area contributed by atoms with Crippen molar-refractivity contribution in [3.8, 4) is 22.3 Å². The van der Waals surface area contributed by atoms with Crippen molar-refractivity contribution in [1.29, 1.82) is 0 Å². The second-order valence-corrected chi connectivity index (χ2v) is 12.4. The van der Waals surface area contributed by atoms with E-state index in [-0.39, 0.29) is 40.2 Å². The van der Waals surface area contributed by atoms with E-state index in [0.717, 1.165) is 22.4 Å². The Labute approximate surface area is 222 Å². The van der Waals surface area contributed by atoms with Crippen molar-refractivity contribution in [1.82, 2.24) is 9.97 Å². The highest BCUT2D eigenvalue weighted by molar-refractivity contribution is 5.84. The van der Waals surface area contributed by atoms with Gasteiger partial charge in [0, 0.05) is 17.2 Å². The molecule has 1 aliphatic rings. The molecular weight excluding hydrogens is 482 g/mol. The van der Waals surface area contributed by atoms with Gasteiger partial charge >= 0.3 is 0 Å². The summed E-state index contributed by atoms with van der Waals surface area (Å²) in [6.07, 6.45) is -0.153. The second kappa shape index (κ2) is 9.06. The molecule has 1 aliphatic heterocycles. The van der Waals surface area contributed by atoms with Crippen LogP contribution in [0.1, 0.15) is 53.4 Å². The maximum Gasteiger partial charge on any atom is 0.131 e. The van der Waals surface area contributed by atoms with Crippen molar-refractivity contribution in [3.05, 3.63) is 66.0 Å². The van der Waals surface area contributed by atoms with Gasteiger partial charge in [-0.25, -0.2) is 13.8 Å². The number of nitrogens with zero attached hydrogens (tertiary/aromatic N) is 1. The first-order valence-electron chi connectivity index (χ1n) is 12.9. The van der Waals surface area contributed by atoms with Gasteiger partial charge in [0.1, 0.15) is 23.6 Å². The van der Waals surface area contributed by atoms with E-state index in [1.54, 1.807) is 24.3 Å². The highest BCUT2D eigenvalue weighted by Gasteiger charge is 2.33. The number of fused-ring (bicyclic) bond motifs is 2. The summed E-state index contributed by atoms with van der Waals surface area (Å²) < 4.78 is 30.8. The SMILES string of the molecule is CC(C)(C)[C@H](N)c1nc2ccc(-c3cc(F)c(-c4ccc5c(c4)NC([C@@H](N)C(C)(C)C)N5)cc3F)cc2[nH]1. The smallest absolute Gasteiger partial charge is 0.131 e. The number of nitrogens with one attached hydrogen (secondary N) is 3. The Balaban J connectivity index is 1.44. The summed E-state index contributed by atoms with van der Waals surface area (Å²) in [5, 5.41) is 6.78. The summed E-state index contributed by atoms with van der Waals surface area (Å²) in [6, 6.07) is 12.9. The number of aromatic nitrogens is 2. The Morgan fingerprint density at radius 3 is 1.95 bits per heavy atom. The van der Waals surface area contributed by atoms with Crippen molar-refractivity contribution in [2.75, 3.05) is 10.6 Å². The van der Waals surface area contributed by atoms with Crippen LogP contribution in [0, 0.1) is 22.5 Å². The molecule has 0 amide bonds. The predicted octanol–water partition coefficient (Wildman–Crippen LogP) is 6.76. The van der Waals surface area contributed by atoms with E-state index in [9.17, 15) is 0 Å². The van der Waals surface area contributed by atoms with Crippen LogP contribution in [0.3, 0.4) is 0 Å². The predicted molar refractivity (Wildman–Crippen MR) is 152 cm³/mol. The van der Waals surface area contributed by atoms with Gasteiger partial charge in [0.05, 0.1) is 28.5 Å². The van der Waals surface area contributed by atoms with E-state index in [2.05, 4.69) is 41.4 Å². The van der Waals surface area contributed by atoms with Gasteiger partial charge in [0.15, 0.2) is 0 Å². The molecule has 3 atom stereocenters. The highest BCUT2D eigenvalue weighted by atomic mass is 19.1. The van der Waals surface area contributed by atoms with Gasteiger partial charge in [-0.1, -0.05) is 53.7 Å². The fourth-order valence-corrected chi connectivity index (χ4v) is 4.75. The van der Waals surface area contributed by atoms with Crippen LogP contribution in [0.5, 0.6) is 0 Å². The molecule has 1 unspecified atom stereocenters. The number of anilines is 2. The van der Waals surface area contributed by atoms with Crippen molar-refractivity contribution >= 4 is 22.4 Å². The average Bonchev–Trinajstić information content (AvgIpc) is 3.46. The fourth-order valence-electron chi connectivity index (χ4n) is 4.75. The highest BCUT2D eigenvalue weighted by Crippen LogP contribution is 2.38. The number of rotatable bonds is 4. The minimum absolute atomic E-state index is 0.111. The van der Waals surface area contributed by atoms with E-state index < -0.39 is 11.6 Å². The molecule has 0 saturated carbocycles. The summed E-state index contributed by atoms with van der Waals surface area (Å²) >= 11 is 0. The number of aromatic amines is 1. The zero-order valence-electron chi connectivity index (χ0n) is 22.7. The van der Waals surface area contributed by atoms with Gasteiger partial charge in [-0.3, -0.25) is 0 Å². The van der Waals surface area contributed by atoms with Crippen molar-refractivity contribution in [2.24, 2.45) is 22.3 Å². The van der Waals surface area contributed by atoms with Gasteiger partial charge < -0.3 is 27.1 Å². The number of hydrogen-bond donors (Lipinski definition) is 5. The van der Waals surface area contributed by atoms with Gasteiger partial charge in [-0.2, -0.15) is 0 Å². The summed E-state index contributed by atoms with van der Waals surface area (Å²) in [5.74, 6) is -0.349. The summed E-state index contributed by atoms with van der Waals surface area (Å²) in [6.45, 7) is 12.4. The first kappa shape index (κ1) is 26.1. The maximum atomic E-state index is 15.4. The fraction of sp³-hybridized carbons (Fsp3) is 0.367. The minimum Gasteiger partial charge on any atom is -0.362 e. The molecule has 200 valence electrons. The largest absolute Gasteiger partial charge is 0.362 e. The zero-order valence-corrected chi connectivity index (χ0v) is 22.7. The molecule has 5 rings (SSSR count). The molecule has 0 aliphatic carbocycles. The first-order chi connectivity index (χ1) is 17.7. The molecule has 0 saturated heterocycles. The first-order valence-corrected chi connectivity index (χ1v) is 12.9. The molecular formula is C30H36F2N6. The number of imidazole rings is 1.